The van der Waals surface area contributed by atoms with Crippen molar-refractivity contribution in [3.63, 3.8) is 0 Å². The van der Waals surface area contributed by atoms with Crippen molar-refractivity contribution >= 4 is 44.7 Å². The molecule has 0 aliphatic heterocycles. The van der Waals surface area contributed by atoms with Gasteiger partial charge >= 0.3 is 0 Å². The first kappa shape index (κ1) is 11.3. The summed E-state index contributed by atoms with van der Waals surface area (Å²) in [4.78, 5) is 15.7. The van der Waals surface area contributed by atoms with E-state index in [0.29, 0.717) is 16.4 Å². The lowest BCUT2D eigenvalue weighted by Gasteiger charge is -2.03. The molecule has 80 valence electrons. The molecule has 0 atom stereocenters. The second kappa shape index (κ2) is 4.76. The Bertz CT molecular complexity index is 514. The van der Waals surface area contributed by atoms with Gasteiger partial charge < -0.3 is 0 Å². The van der Waals surface area contributed by atoms with Gasteiger partial charge in [0.15, 0.2) is 0 Å². The Hall–Kier alpha value is -1.19. The van der Waals surface area contributed by atoms with Gasteiger partial charge in [-0.15, -0.1) is 0 Å². The number of allylic oxidation sites excluding steroid dienone is 4. The predicted molar refractivity (Wildman–Crippen MR) is 69.7 cm³/mol. The third-order valence-corrected chi connectivity index (χ3v) is 2.74. The third kappa shape index (κ3) is 2.68. The van der Waals surface area contributed by atoms with Gasteiger partial charge in [-0.3, -0.25) is 4.79 Å². The number of halogens is 2. The number of hydrogen-bond acceptors (Lipinski definition) is 2. The maximum atomic E-state index is 11.5. The molecule has 0 aromatic heterocycles. The number of hydrogen-bond donors (Lipinski definition) is 0. The highest BCUT2D eigenvalue weighted by Crippen LogP contribution is 2.19. The molecule has 0 radical (unpaired) electrons. The standard InChI is InChI=1S/C12H7BrClNO/c13-8-1-6-12(16)11(7-8)15-10-4-2-9(14)3-5-10/h1-7H. The fraction of sp³-hybridized carbons (Fsp3) is 0. The lowest BCUT2D eigenvalue weighted by Crippen LogP contribution is -2.10. The second-order valence-corrected chi connectivity index (χ2v) is 4.55. The van der Waals surface area contributed by atoms with E-state index in [1.165, 1.54) is 6.08 Å². The summed E-state index contributed by atoms with van der Waals surface area (Å²) in [7, 11) is 0. The second-order valence-electron chi connectivity index (χ2n) is 3.20. The first-order valence-electron chi connectivity index (χ1n) is 4.59. The maximum absolute atomic E-state index is 11.5. The summed E-state index contributed by atoms with van der Waals surface area (Å²) in [5.41, 5.74) is 1.12. The van der Waals surface area contributed by atoms with Crippen molar-refractivity contribution in [1.29, 1.82) is 0 Å². The van der Waals surface area contributed by atoms with Gasteiger partial charge in [0.1, 0.15) is 5.71 Å². The van der Waals surface area contributed by atoms with Gasteiger partial charge in [0.05, 0.1) is 5.69 Å². The Balaban J connectivity index is 2.34. The van der Waals surface area contributed by atoms with Crippen molar-refractivity contribution in [2.75, 3.05) is 0 Å². The van der Waals surface area contributed by atoms with Crippen molar-refractivity contribution in [1.82, 2.24) is 0 Å². The van der Waals surface area contributed by atoms with Crippen LogP contribution in [-0.4, -0.2) is 11.5 Å². The number of carbonyl (C=O) groups is 1. The van der Waals surface area contributed by atoms with Gasteiger partial charge in [-0.05, 0) is 42.5 Å². The average Bonchev–Trinajstić information content (AvgIpc) is 2.27. The molecule has 0 spiro atoms. The Morgan fingerprint density at radius 1 is 1.12 bits per heavy atom. The van der Waals surface area contributed by atoms with Crippen molar-refractivity contribution in [2.24, 2.45) is 4.99 Å². The quantitative estimate of drug-likeness (QED) is 0.724. The van der Waals surface area contributed by atoms with Crippen LogP contribution in [0.5, 0.6) is 0 Å². The predicted octanol–water partition coefficient (Wildman–Crippen LogP) is 3.83. The zero-order chi connectivity index (χ0) is 11.5. The fourth-order valence-corrected chi connectivity index (χ4v) is 1.71. The minimum atomic E-state index is -0.0989. The molecular weight excluding hydrogens is 289 g/mol. The molecule has 2 nitrogen and oxygen atoms in total. The van der Waals surface area contributed by atoms with E-state index in [2.05, 4.69) is 20.9 Å². The van der Waals surface area contributed by atoms with E-state index < -0.39 is 0 Å². The van der Waals surface area contributed by atoms with E-state index in [4.69, 9.17) is 11.6 Å². The Kier molecular flexibility index (Phi) is 3.36. The molecule has 1 aromatic rings. The highest BCUT2D eigenvalue weighted by Gasteiger charge is 2.10. The van der Waals surface area contributed by atoms with Crippen molar-refractivity contribution in [2.45, 2.75) is 0 Å². The molecule has 0 fully saturated rings. The number of carbonyl (C=O) groups excluding carboxylic acids is 1. The summed E-state index contributed by atoms with van der Waals surface area (Å²) >= 11 is 9.06. The average molecular weight is 297 g/mol. The van der Waals surface area contributed by atoms with Crippen LogP contribution in [0.4, 0.5) is 5.69 Å². The molecule has 0 N–H and O–H groups in total. The first-order chi connectivity index (χ1) is 7.65. The highest BCUT2D eigenvalue weighted by atomic mass is 79.9. The SMILES string of the molecule is O=C1C=CC(Br)=CC1=Nc1ccc(Cl)cc1. The molecule has 16 heavy (non-hydrogen) atoms. The minimum Gasteiger partial charge on any atom is -0.288 e. The number of benzene rings is 1. The monoisotopic (exact) mass is 295 g/mol. The van der Waals surface area contributed by atoms with Crippen LogP contribution in [0.3, 0.4) is 0 Å². The summed E-state index contributed by atoms with van der Waals surface area (Å²) in [5.74, 6) is -0.0989. The van der Waals surface area contributed by atoms with E-state index in [0.717, 1.165) is 4.48 Å². The van der Waals surface area contributed by atoms with E-state index in [1.807, 2.05) is 0 Å². The molecule has 1 aliphatic carbocycles. The summed E-state index contributed by atoms with van der Waals surface area (Å²) in [6.45, 7) is 0. The van der Waals surface area contributed by atoms with E-state index in [9.17, 15) is 4.79 Å². The summed E-state index contributed by atoms with van der Waals surface area (Å²) in [6.07, 6.45) is 4.87. The minimum absolute atomic E-state index is 0.0989. The fourth-order valence-electron chi connectivity index (χ4n) is 1.23. The number of aliphatic imine (C=N–C) groups is 1. The van der Waals surface area contributed by atoms with Crippen LogP contribution >= 0.6 is 27.5 Å². The molecule has 0 heterocycles. The third-order valence-electron chi connectivity index (χ3n) is 2.00. The highest BCUT2D eigenvalue weighted by molar-refractivity contribution is 9.11. The topological polar surface area (TPSA) is 29.4 Å². The number of ketones is 1. The largest absolute Gasteiger partial charge is 0.288 e. The molecule has 1 aliphatic rings. The molecule has 0 saturated carbocycles. The van der Waals surface area contributed by atoms with Crippen LogP contribution in [0.2, 0.25) is 5.02 Å². The van der Waals surface area contributed by atoms with Crippen LogP contribution in [0.25, 0.3) is 0 Å². The Morgan fingerprint density at radius 3 is 2.50 bits per heavy atom. The molecule has 4 heteroatoms. The van der Waals surface area contributed by atoms with Crippen molar-refractivity contribution < 1.29 is 4.79 Å². The lowest BCUT2D eigenvalue weighted by atomic mass is 10.1. The number of rotatable bonds is 1. The van der Waals surface area contributed by atoms with Crippen LogP contribution in [0.1, 0.15) is 0 Å². The zero-order valence-electron chi connectivity index (χ0n) is 8.15. The van der Waals surface area contributed by atoms with Crippen LogP contribution in [-0.2, 0) is 4.79 Å². The molecule has 0 unspecified atom stereocenters. The van der Waals surface area contributed by atoms with Gasteiger partial charge in [0.2, 0.25) is 5.78 Å². The smallest absolute Gasteiger partial charge is 0.204 e. The van der Waals surface area contributed by atoms with Gasteiger partial charge in [-0.25, -0.2) is 4.99 Å². The van der Waals surface area contributed by atoms with Gasteiger partial charge in [-0.1, -0.05) is 27.5 Å². The summed E-state index contributed by atoms with van der Waals surface area (Å²) < 4.78 is 0.833. The normalized spacial score (nSPS) is 17.8. The van der Waals surface area contributed by atoms with Gasteiger partial charge in [-0.2, -0.15) is 0 Å². The Morgan fingerprint density at radius 2 is 1.81 bits per heavy atom. The van der Waals surface area contributed by atoms with Crippen molar-refractivity contribution in [3.05, 3.63) is 52.0 Å². The lowest BCUT2D eigenvalue weighted by molar-refractivity contribution is -0.108. The molecule has 0 saturated heterocycles. The number of nitrogens with zero attached hydrogens (tertiary/aromatic N) is 1. The van der Waals surface area contributed by atoms with E-state index >= 15 is 0 Å². The zero-order valence-corrected chi connectivity index (χ0v) is 10.5. The molecule has 0 bridgehead atoms. The molecular formula is C12H7BrClNO. The summed E-state index contributed by atoms with van der Waals surface area (Å²) in [5, 5.41) is 0.649. The van der Waals surface area contributed by atoms with Crippen LogP contribution in [0.15, 0.2) is 52.0 Å². The first-order valence-corrected chi connectivity index (χ1v) is 5.76. The van der Waals surface area contributed by atoms with E-state index in [-0.39, 0.29) is 5.78 Å². The molecule has 0 amide bonds. The molecule has 2 rings (SSSR count). The van der Waals surface area contributed by atoms with Crippen LogP contribution < -0.4 is 0 Å². The Labute approximate surface area is 106 Å². The van der Waals surface area contributed by atoms with Crippen LogP contribution in [0, 0.1) is 0 Å². The van der Waals surface area contributed by atoms with Crippen molar-refractivity contribution in [3.8, 4) is 0 Å². The van der Waals surface area contributed by atoms with Gasteiger partial charge in [0.25, 0.3) is 0 Å². The molecule has 1 aromatic carbocycles. The van der Waals surface area contributed by atoms with Gasteiger partial charge in [0, 0.05) is 9.51 Å². The summed E-state index contributed by atoms with van der Waals surface area (Å²) in [6, 6.07) is 7.01. The maximum Gasteiger partial charge on any atom is 0.204 e. The van der Waals surface area contributed by atoms with E-state index in [1.54, 1.807) is 36.4 Å².